The number of carbonyl (C=O) groups is 3. The molecule has 416 valence electrons. The second-order valence-corrected chi connectivity index (χ2v) is 23.0. The maximum atomic E-state index is 13.8. The van der Waals surface area contributed by atoms with Crippen LogP contribution in [0.2, 0.25) is 0 Å². The maximum Gasteiger partial charge on any atom is 0.494 e. The number of rotatable bonds is 18. The van der Waals surface area contributed by atoms with Crippen molar-refractivity contribution in [3.05, 3.63) is 119 Å². The highest BCUT2D eigenvalue weighted by Crippen LogP contribution is 2.66. The zero-order chi connectivity index (χ0) is 55.5. The lowest BCUT2D eigenvalue weighted by Gasteiger charge is -2.65. The van der Waals surface area contributed by atoms with E-state index in [9.17, 15) is 19.2 Å². The van der Waals surface area contributed by atoms with E-state index >= 15 is 0 Å². The molecule has 3 amide bonds. The Morgan fingerprint density at radius 1 is 0.900 bits per heavy atom. The molecule has 0 spiro atoms. The Hall–Kier alpha value is -7.39. The van der Waals surface area contributed by atoms with E-state index in [1.165, 1.54) is 15.5 Å². The Kier molecular flexibility index (Phi) is 14.4. The van der Waals surface area contributed by atoms with Gasteiger partial charge in [-0.1, -0.05) is 43.7 Å². The number of aromatic nitrogens is 6. The standard InChI is InChI=1S/C60H69BN10O9/c1-37-32-39(57(74)67(4)25-9-29-77-44-17-19-46-48(35-44)68(5)58(75)70(46)47-20-21-51(72)65-56(47)73)14-18-45(37)61-79-50-34-40-33-49(59(40,2)3)60(50,80-61)24-30-76-31-28-69-26-22-41(23-27-69)71-55-52(54(62)63-36-64-55)53(66-71)38-12-15-43(16-13-38)78-42-10-7-6-8-11-42/h6-8,10-19,32,35-36,40-41,47,49-50H,9,20-31,33-34H2,1-5H3,(H2,62,63,64)(H,65,72,73)/t40-,47?,49-,50+,60-/m1/s1. The van der Waals surface area contributed by atoms with Crippen LogP contribution in [0.3, 0.4) is 0 Å². The zero-order valence-electron chi connectivity index (χ0n) is 46.1. The van der Waals surface area contributed by atoms with Gasteiger partial charge in [0.1, 0.15) is 41.1 Å². The van der Waals surface area contributed by atoms with Crippen molar-refractivity contribution in [2.45, 2.75) is 95.9 Å². The molecule has 3 aliphatic heterocycles. The van der Waals surface area contributed by atoms with Crippen LogP contribution in [0.25, 0.3) is 33.3 Å². The lowest BCUT2D eigenvalue weighted by atomic mass is 9.43. The lowest BCUT2D eigenvalue weighted by molar-refractivity contribution is -0.214. The zero-order valence-corrected chi connectivity index (χ0v) is 46.1. The Balaban J connectivity index is 0.622. The van der Waals surface area contributed by atoms with Gasteiger partial charge < -0.3 is 39.1 Å². The number of nitrogen functional groups attached to an aromatic ring is 1. The third kappa shape index (κ3) is 9.83. The summed E-state index contributed by atoms with van der Waals surface area (Å²) in [5.74, 6) is 2.51. The van der Waals surface area contributed by atoms with Gasteiger partial charge in [0.2, 0.25) is 11.8 Å². The Morgan fingerprint density at radius 3 is 2.44 bits per heavy atom. The number of hydrogen-bond donors (Lipinski definition) is 2. The van der Waals surface area contributed by atoms with Crippen molar-refractivity contribution in [2.75, 3.05) is 58.8 Å². The molecule has 3 aromatic heterocycles. The summed E-state index contributed by atoms with van der Waals surface area (Å²) in [5, 5.41) is 8.24. The highest BCUT2D eigenvalue weighted by atomic mass is 16.7. The number of benzene rings is 4. The van der Waals surface area contributed by atoms with E-state index in [0.717, 1.165) is 96.6 Å². The van der Waals surface area contributed by atoms with Crippen molar-refractivity contribution in [1.29, 1.82) is 0 Å². The minimum Gasteiger partial charge on any atom is -0.493 e. The largest absolute Gasteiger partial charge is 0.494 e. The number of ether oxygens (including phenoxy) is 3. The second kappa shape index (κ2) is 21.6. The SMILES string of the molecule is Cc1cc(C(=O)N(C)CCCOc2ccc3c(c2)n(C)c(=O)n3C2CCC(=O)NC2=O)ccc1B1O[C@H]2C[C@H]3C[C@H](C3(C)C)[C@@]2(CCOCCN2CCC(n3nc(-c4ccc(Oc5ccccc5)cc4)c4c(N)ncnc43)CC2)O1. The van der Waals surface area contributed by atoms with E-state index in [1.807, 2.05) is 79.7 Å². The molecule has 1 unspecified atom stereocenters. The first kappa shape index (κ1) is 53.3. The van der Waals surface area contributed by atoms with Gasteiger partial charge in [-0.2, -0.15) is 5.10 Å². The van der Waals surface area contributed by atoms with Crippen molar-refractivity contribution >= 4 is 58.2 Å². The molecular weight excluding hydrogens is 1020 g/mol. The third-order valence-corrected chi connectivity index (χ3v) is 18.0. The van der Waals surface area contributed by atoms with Crippen molar-refractivity contribution in [3.8, 4) is 28.5 Å². The summed E-state index contributed by atoms with van der Waals surface area (Å²) in [4.78, 5) is 64.5. The molecule has 3 saturated heterocycles. The molecule has 20 heteroatoms. The predicted molar refractivity (Wildman–Crippen MR) is 303 cm³/mol. The van der Waals surface area contributed by atoms with Crippen LogP contribution < -0.4 is 31.7 Å². The number of aryl methyl sites for hydroxylation is 2. The number of imidazole rings is 1. The number of nitrogens with two attached hydrogens (primary N) is 1. The molecule has 5 atom stereocenters. The lowest BCUT2D eigenvalue weighted by Crippen LogP contribution is -2.67. The molecule has 6 fully saturated rings. The van der Waals surface area contributed by atoms with E-state index in [0.29, 0.717) is 72.8 Å². The van der Waals surface area contributed by atoms with Gasteiger partial charge in [-0.3, -0.25) is 28.8 Å². The van der Waals surface area contributed by atoms with Crippen LogP contribution in [0.4, 0.5) is 5.82 Å². The summed E-state index contributed by atoms with van der Waals surface area (Å²) < 4.78 is 37.6. The molecule has 3 N–H and O–H groups in total. The summed E-state index contributed by atoms with van der Waals surface area (Å²) in [7, 11) is 2.90. The highest BCUT2D eigenvalue weighted by Gasteiger charge is 2.69. The molecule has 3 saturated carbocycles. The van der Waals surface area contributed by atoms with Gasteiger partial charge in [0.25, 0.3) is 5.91 Å². The quantitative estimate of drug-likeness (QED) is 0.0503. The first-order valence-corrected chi connectivity index (χ1v) is 28.2. The monoisotopic (exact) mass is 1080 g/mol. The summed E-state index contributed by atoms with van der Waals surface area (Å²) >= 11 is 0. The van der Waals surface area contributed by atoms with E-state index in [4.69, 9.17) is 34.4 Å². The summed E-state index contributed by atoms with van der Waals surface area (Å²) in [5.41, 5.74) is 11.9. The van der Waals surface area contributed by atoms with Crippen LogP contribution in [-0.4, -0.2) is 128 Å². The van der Waals surface area contributed by atoms with Crippen LogP contribution in [0.1, 0.15) is 93.2 Å². The fourth-order valence-corrected chi connectivity index (χ4v) is 13.4. The second-order valence-electron chi connectivity index (χ2n) is 23.0. The van der Waals surface area contributed by atoms with Crippen LogP contribution >= 0.6 is 0 Å². The van der Waals surface area contributed by atoms with Gasteiger partial charge in [0.05, 0.1) is 47.4 Å². The summed E-state index contributed by atoms with van der Waals surface area (Å²) in [6.45, 7) is 11.4. The van der Waals surface area contributed by atoms with E-state index < -0.39 is 24.7 Å². The van der Waals surface area contributed by atoms with Gasteiger partial charge in [0, 0.05) is 76.9 Å². The van der Waals surface area contributed by atoms with Crippen LogP contribution in [-0.2, 0) is 30.7 Å². The van der Waals surface area contributed by atoms with Crippen molar-refractivity contribution < 1.29 is 37.9 Å². The van der Waals surface area contributed by atoms with E-state index in [1.54, 1.807) is 37.2 Å². The highest BCUT2D eigenvalue weighted by molar-refractivity contribution is 6.62. The molecule has 19 nitrogen and oxygen atoms in total. The maximum absolute atomic E-state index is 13.8. The molecule has 4 aromatic carbocycles. The first-order chi connectivity index (χ1) is 38.7. The van der Waals surface area contributed by atoms with E-state index in [2.05, 4.69) is 38.7 Å². The number of amides is 3. The van der Waals surface area contributed by atoms with Crippen LogP contribution in [0, 0.1) is 24.2 Å². The molecule has 6 heterocycles. The fourth-order valence-electron chi connectivity index (χ4n) is 13.4. The van der Waals surface area contributed by atoms with Gasteiger partial charge in [-0.15, -0.1) is 0 Å². The fraction of sp³-hybridized carbons (Fsp3) is 0.450. The normalized spacial score (nSPS) is 22.8. The number of anilines is 1. The molecule has 3 aliphatic carbocycles. The number of nitrogens with zero attached hydrogens (tertiary/aromatic N) is 8. The molecule has 80 heavy (non-hydrogen) atoms. The number of carbonyl (C=O) groups excluding carboxylic acids is 3. The summed E-state index contributed by atoms with van der Waals surface area (Å²) in [6, 6.07) is 28.1. The predicted octanol–water partition coefficient (Wildman–Crippen LogP) is 7.01. The van der Waals surface area contributed by atoms with Gasteiger partial charge in [-0.05, 0) is 129 Å². The van der Waals surface area contributed by atoms with Crippen LogP contribution in [0.15, 0.2) is 102 Å². The minimum absolute atomic E-state index is 0.0405. The van der Waals surface area contributed by atoms with Crippen molar-refractivity contribution in [1.82, 2.24) is 44.0 Å². The number of fused-ring (bicyclic) bond motifs is 2. The smallest absolute Gasteiger partial charge is 0.493 e. The minimum atomic E-state index is -0.761. The van der Waals surface area contributed by atoms with E-state index in [-0.39, 0.29) is 47.9 Å². The average molecular weight is 1090 g/mol. The number of piperidine rings is 2. The molecule has 6 aliphatic rings. The summed E-state index contributed by atoms with van der Waals surface area (Å²) in [6.07, 6.45) is 7.14. The first-order valence-electron chi connectivity index (χ1n) is 28.2. The van der Waals surface area contributed by atoms with Gasteiger partial charge in [-0.25, -0.2) is 19.4 Å². The molecular formula is C60H69BN10O9. The number of para-hydroxylation sites is 1. The molecule has 2 bridgehead atoms. The Labute approximate surface area is 464 Å². The van der Waals surface area contributed by atoms with Crippen molar-refractivity contribution in [2.24, 2.45) is 24.3 Å². The number of imide groups is 1. The number of hydrogen-bond acceptors (Lipinski definition) is 14. The third-order valence-electron chi connectivity index (χ3n) is 18.0. The Bertz CT molecular complexity index is 3540. The molecule has 13 rings (SSSR count). The molecule has 7 aromatic rings. The number of nitrogens with one attached hydrogen (secondary N) is 1. The number of likely N-dealkylation sites (tertiary alicyclic amines) is 1. The van der Waals surface area contributed by atoms with Crippen molar-refractivity contribution in [3.63, 3.8) is 0 Å². The Morgan fingerprint density at radius 2 is 1.68 bits per heavy atom. The van der Waals surface area contributed by atoms with Crippen LogP contribution in [0.5, 0.6) is 17.2 Å². The topological polar surface area (TPSA) is 212 Å². The average Bonchev–Trinajstić information content (AvgIpc) is 2.43. The van der Waals surface area contributed by atoms with Gasteiger partial charge >= 0.3 is 12.8 Å². The van der Waals surface area contributed by atoms with Gasteiger partial charge in [0.15, 0.2) is 5.65 Å². The molecule has 0 radical (unpaired) electrons.